The molecule has 3 aromatic rings. The van der Waals surface area contributed by atoms with Crippen LogP contribution in [-0.2, 0) is 12.7 Å². The summed E-state index contributed by atoms with van der Waals surface area (Å²) in [5.41, 5.74) is 1.000. The summed E-state index contributed by atoms with van der Waals surface area (Å²) in [6.07, 6.45) is -0.357. The molecule has 1 N–H and O–H groups in total. The lowest BCUT2D eigenvalue weighted by Gasteiger charge is -2.07. The molecule has 3 rings (SSSR count). The number of aromatic nitrogens is 3. The van der Waals surface area contributed by atoms with Crippen LogP contribution in [0.15, 0.2) is 55.0 Å². The second-order valence-electron chi connectivity index (χ2n) is 5.28. The number of anilines is 1. The summed E-state index contributed by atoms with van der Waals surface area (Å²) in [4.78, 5) is 3.80. The summed E-state index contributed by atoms with van der Waals surface area (Å²) in [6.45, 7) is 0.579. The summed E-state index contributed by atoms with van der Waals surface area (Å²) in [7, 11) is 1.61. The molecule has 0 aliphatic rings. The van der Waals surface area contributed by atoms with E-state index >= 15 is 0 Å². The number of hydrogen-bond acceptors (Lipinski definition) is 4. The van der Waals surface area contributed by atoms with Crippen molar-refractivity contribution < 1.29 is 17.9 Å². The van der Waals surface area contributed by atoms with Gasteiger partial charge in [0.05, 0.1) is 30.8 Å². The van der Waals surface area contributed by atoms with Crippen molar-refractivity contribution in [2.75, 3.05) is 12.4 Å². The van der Waals surface area contributed by atoms with Crippen LogP contribution in [0, 0.1) is 0 Å². The van der Waals surface area contributed by atoms with Gasteiger partial charge < -0.3 is 10.1 Å². The SMILES string of the molecule is COc1ccc(CNc2cnn(-c3ccc(C(F)(F)F)cn3)c2)cc1. The third-order valence-corrected chi connectivity index (χ3v) is 3.55. The van der Waals surface area contributed by atoms with Gasteiger partial charge in [0, 0.05) is 12.7 Å². The molecule has 0 fully saturated rings. The van der Waals surface area contributed by atoms with Crippen LogP contribution >= 0.6 is 0 Å². The predicted octanol–water partition coefficient (Wildman–Crippen LogP) is 3.91. The average Bonchev–Trinajstić information content (AvgIpc) is 3.09. The molecule has 0 bridgehead atoms. The van der Waals surface area contributed by atoms with Gasteiger partial charge in [-0.25, -0.2) is 9.67 Å². The first-order valence-electron chi connectivity index (χ1n) is 7.41. The maximum Gasteiger partial charge on any atom is 0.417 e. The monoisotopic (exact) mass is 348 g/mol. The van der Waals surface area contributed by atoms with Gasteiger partial charge in [-0.05, 0) is 29.8 Å². The highest BCUT2D eigenvalue weighted by molar-refractivity contribution is 5.42. The molecule has 2 aromatic heterocycles. The Morgan fingerprint density at radius 2 is 1.84 bits per heavy atom. The first-order valence-corrected chi connectivity index (χ1v) is 7.41. The number of ether oxygens (including phenoxy) is 1. The number of halogens is 3. The molecule has 0 saturated carbocycles. The van der Waals surface area contributed by atoms with Gasteiger partial charge >= 0.3 is 6.18 Å². The van der Waals surface area contributed by atoms with Crippen molar-refractivity contribution in [3.8, 4) is 11.6 Å². The fourth-order valence-corrected chi connectivity index (χ4v) is 2.18. The van der Waals surface area contributed by atoms with Gasteiger partial charge in [-0.2, -0.15) is 18.3 Å². The molecule has 5 nitrogen and oxygen atoms in total. The van der Waals surface area contributed by atoms with Crippen LogP contribution in [0.2, 0.25) is 0 Å². The van der Waals surface area contributed by atoms with Crippen molar-refractivity contribution in [3.05, 3.63) is 66.1 Å². The molecule has 0 amide bonds. The molecule has 0 unspecified atom stereocenters. The lowest BCUT2D eigenvalue weighted by atomic mass is 10.2. The van der Waals surface area contributed by atoms with Crippen LogP contribution < -0.4 is 10.1 Å². The van der Waals surface area contributed by atoms with Crippen LogP contribution in [0.4, 0.5) is 18.9 Å². The largest absolute Gasteiger partial charge is 0.497 e. The number of alkyl halides is 3. The van der Waals surface area contributed by atoms with Gasteiger partial charge in [0.2, 0.25) is 0 Å². The third-order valence-electron chi connectivity index (χ3n) is 3.55. The molecule has 2 heterocycles. The van der Waals surface area contributed by atoms with Crippen LogP contribution in [0.1, 0.15) is 11.1 Å². The number of nitrogens with zero attached hydrogens (tertiary/aromatic N) is 3. The van der Waals surface area contributed by atoms with E-state index in [4.69, 9.17) is 4.74 Å². The molecule has 130 valence electrons. The zero-order valence-electron chi connectivity index (χ0n) is 13.3. The summed E-state index contributed by atoms with van der Waals surface area (Å²) in [6, 6.07) is 9.87. The summed E-state index contributed by atoms with van der Waals surface area (Å²) < 4.78 is 44.2. The first kappa shape index (κ1) is 16.8. The van der Waals surface area contributed by atoms with Crippen molar-refractivity contribution in [3.63, 3.8) is 0 Å². The minimum Gasteiger partial charge on any atom is -0.497 e. The Morgan fingerprint density at radius 1 is 1.08 bits per heavy atom. The van der Waals surface area contributed by atoms with Crippen molar-refractivity contribution in [2.24, 2.45) is 0 Å². The number of rotatable bonds is 5. The molecule has 0 atom stereocenters. The maximum absolute atomic E-state index is 12.6. The molecular formula is C17H15F3N4O. The minimum absolute atomic E-state index is 0.311. The highest BCUT2D eigenvalue weighted by Crippen LogP contribution is 2.28. The van der Waals surface area contributed by atoms with Gasteiger partial charge in [-0.15, -0.1) is 0 Å². The van der Waals surface area contributed by atoms with E-state index in [0.29, 0.717) is 12.4 Å². The molecule has 8 heteroatoms. The van der Waals surface area contributed by atoms with Crippen molar-refractivity contribution >= 4 is 5.69 Å². The highest BCUT2D eigenvalue weighted by Gasteiger charge is 2.30. The summed E-state index contributed by atoms with van der Waals surface area (Å²) in [5, 5.41) is 7.30. The van der Waals surface area contributed by atoms with Crippen molar-refractivity contribution in [1.29, 1.82) is 0 Å². The number of methoxy groups -OCH3 is 1. The Labute approximate surface area is 142 Å². The van der Waals surface area contributed by atoms with Crippen LogP contribution in [0.3, 0.4) is 0 Å². The van der Waals surface area contributed by atoms with Gasteiger partial charge in [-0.3, -0.25) is 0 Å². The summed E-state index contributed by atoms with van der Waals surface area (Å²) in [5.74, 6) is 1.09. The van der Waals surface area contributed by atoms with Crippen molar-refractivity contribution in [2.45, 2.75) is 12.7 Å². The van der Waals surface area contributed by atoms with Gasteiger partial charge in [0.15, 0.2) is 5.82 Å². The zero-order chi connectivity index (χ0) is 17.9. The molecule has 0 spiro atoms. The van der Waals surface area contributed by atoms with E-state index in [1.54, 1.807) is 19.5 Å². The summed E-state index contributed by atoms with van der Waals surface area (Å²) >= 11 is 0. The van der Waals surface area contributed by atoms with E-state index in [-0.39, 0.29) is 0 Å². The van der Waals surface area contributed by atoms with E-state index in [1.807, 2.05) is 24.3 Å². The van der Waals surface area contributed by atoms with Crippen LogP contribution in [-0.4, -0.2) is 21.9 Å². The normalized spacial score (nSPS) is 11.4. The van der Waals surface area contributed by atoms with Gasteiger partial charge in [0.25, 0.3) is 0 Å². The van der Waals surface area contributed by atoms with Crippen LogP contribution in [0.5, 0.6) is 5.75 Å². The molecule has 0 radical (unpaired) electrons. The predicted molar refractivity (Wildman–Crippen MR) is 86.7 cm³/mol. The smallest absolute Gasteiger partial charge is 0.417 e. The topological polar surface area (TPSA) is 52.0 Å². The molecule has 0 aliphatic heterocycles. The highest BCUT2D eigenvalue weighted by atomic mass is 19.4. The second kappa shape index (κ2) is 6.84. The molecule has 1 aromatic carbocycles. The Hall–Kier alpha value is -3.03. The fraction of sp³-hybridized carbons (Fsp3) is 0.176. The Bertz CT molecular complexity index is 826. The van der Waals surface area contributed by atoms with E-state index in [1.165, 1.54) is 10.7 Å². The Balaban J connectivity index is 1.65. The molecule has 0 aliphatic carbocycles. The van der Waals surface area contributed by atoms with Crippen molar-refractivity contribution in [1.82, 2.24) is 14.8 Å². The standard InChI is InChI=1S/C17H15F3N4O/c1-25-15-5-2-12(3-6-15)8-21-14-10-23-24(11-14)16-7-4-13(9-22-16)17(18,19)20/h2-7,9-11,21H,8H2,1H3. The molecule has 0 saturated heterocycles. The first-order chi connectivity index (χ1) is 12.0. The van der Waals surface area contributed by atoms with E-state index in [2.05, 4.69) is 15.4 Å². The lowest BCUT2D eigenvalue weighted by Crippen LogP contribution is -2.06. The van der Waals surface area contributed by atoms with E-state index < -0.39 is 11.7 Å². The third kappa shape index (κ3) is 4.09. The molecular weight excluding hydrogens is 333 g/mol. The second-order valence-corrected chi connectivity index (χ2v) is 5.28. The number of hydrogen-bond donors (Lipinski definition) is 1. The Kier molecular flexibility index (Phi) is 4.60. The maximum atomic E-state index is 12.6. The minimum atomic E-state index is -4.40. The van der Waals surface area contributed by atoms with Crippen LogP contribution in [0.25, 0.3) is 5.82 Å². The number of pyridine rings is 1. The number of nitrogens with one attached hydrogen (secondary N) is 1. The zero-order valence-corrected chi connectivity index (χ0v) is 13.3. The average molecular weight is 348 g/mol. The fourth-order valence-electron chi connectivity index (χ4n) is 2.18. The van der Waals surface area contributed by atoms with Gasteiger partial charge in [0.1, 0.15) is 5.75 Å². The Morgan fingerprint density at radius 3 is 2.44 bits per heavy atom. The molecule has 25 heavy (non-hydrogen) atoms. The van der Waals surface area contributed by atoms with Gasteiger partial charge in [-0.1, -0.05) is 12.1 Å². The lowest BCUT2D eigenvalue weighted by molar-refractivity contribution is -0.137. The van der Waals surface area contributed by atoms with E-state index in [0.717, 1.165) is 29.3 Å². The van der Waals surface area contributed by atoms with E-state index in [9.17, 15) is 13.2 Å². The quantitative estimate of drug-likeness (QED) is 0.760. The number of benzene rings is 1.